The Balaban J connectivity index is 3.47. The predicted octanol–water partition coefficient (Wildman–Crippen LogP) is 10.6. The number of hydrogen-bond acceptors (Lipinski definition) is 8. The molecule has 10 heteroatoms. The van der Waals surface area contributed by atoms with Crippen molar-refractivity contribution in [2.45, 2.75) is 193 Å². The van der Waals surface area contributed by atoms with Crippen molar-refractivity contribution in [2.75, 3.05) is 51.3 Å². The van der Waals surface area contributed by atoms with Crippen molar-refractivity contribution in [1.29, 1.82) is 0 Å². The monoisotopic (exact) mass is 786 g/mol. The number of hydrogen-bond donors (Lipinski definition) is 3. The molecule has 0 heterocycles. The van der Waals surface area contributed by atoms with Gasteiger partial charge in [0.15, 0.2) is 0 Å². The average molecular weight is 786 g/mol. The SMILES string of the molecule is CCCCCCCCCCCCOC(=O)CCSSCCC(=O)NCCCN(C)CCCNC(=O)CCCCCCC/C=C/C[C@H](O)CCCCCC. The smallest absolute Gasteiger partial charge is 0.306 e. The Morgan fingerprint density at radius 1 is 0.623 bits per heavy atom. The van der Waals surface area contributed by atoms with Crippen molar-refractivity contribution in [2.24, 2.45) is 0 Å². The van der Waals surface area contributed by atoms with Gasteiger partial charge in [0.1, 0.15) is 0 Å². The first-order valence-electron chi connectivity index (χ1n) is 21.8. The van der Waals surface area contributed by atoms with E-state index in [1.165, 1.54) is 89.9 Å². The van der Waals surface area contributed by atoms with Crippen LogP contribution >= 0.6 is 21.6 Å². The summed E-state index contributed by atoms with van der Waals surface area (Å²) in [4.78, 5) is 38.5. The van der Waals surface area contributed by atoms with Gasteiger partial charge in [-0.15, -0.1) is 0 Å². The van der Waals surface area contributed by atoms with Crippen molar-refractivity contribution in [3.63, 3.8) is 0 Å². The van der Waals surface area contributed by atoms with Gasteiger partial charge in [-0.05, 0) is 71.5 Å². The number of amides is 2. The number of nitrogens with zero attached hydrogens (tertiary/aromatic N) is 1. The minimum Gasteiger partial charge on any atom is -0.466 e. The minimum atomic E-state index is -0.187. The summed E-state index contributed by atoms with van der Waals surface area (Å²) in [6.07, 6.45) is 33.4. The molecule has 0 bridgehead atoms. The van der Waals surface area contributed by atoms with Gasteiger partial charge >= 0.3 is 5.97 Å². The zero-order valence-corrected chi connectivity index (χ0v) is 36.3. The summed E-state index contributed by atoms with van der Waals surface area (Å²) < 4.78 is 5.36. The molecule has 8 nitrogen and oxygen atoms in total. The van der Waals surface area contributed by atoms with Gasteiger partial charge < -0.3 is 25.4 Å². The van der Waals surface area contributed by atoms with Crippen LogP contribution in [0.25, 0.3) is 0 Å². The molecule has 0 aromatic heterocycles. The topological polar surface area (TPSA) is 108 Å². The Morgan fingerprint density at radius 2 is 1.13 bits per heavy atom. The third-order valence-corrected chi connectivity index (χ3v) is 11.9. The van der Waals surface area contributed by atoms with E-state index in [2.05, 4.69) is 48.6 Å². The number of nitrogens with one attached hydrogen (secondary N) is 2. The third kappa shape index (κ3) is 41.8. The molecule has 0 aliphatic rings. The van der Waals surface area contributed by atoms with Crippen LogP contribution in [-0.4, -0.2) is 85.2 Å². The molecule has 1 atom stereocenters. The maximum absolute atomic E-state index is 12.2. The molecule has 0 aliphatic carbocycles. The number of rotatable bonds is 41. The van der Waals surface area contributed by atoms with Gasteiger partial charge in [0, 0.05) is 37.4 Å². The summed E-state index contributed by atoms with van der Waals surface area (Å²) >= 11 is 0. The highest BCUT2D eigenvalue weighted by molar-refractivity contribution is 8.76. The Labute approximate surface area is 334 Å². The Hall–Kier alpha value is -1.23. The maximum atomic E-state index is 12.2. The van der Waals surface area contributed by atoms with E-state index < -0.39 is 0 Å². The van der Waals surface area contributed by atoms with Crippen molar-refractivity contribution >= 4 is 39.4 Å². The fourth-order valence-electron chi connectivity index (χ4n) is 6.04. The highest BCUT2D eigenvalue weighted by Gasteiger charge is 2.06. The van der Waals surface area contributed by atoms with Crippen molar-refractivity contribution in [3.8, 4) is 0 Å². The van der Waals surface area contributed by atoms with E-state index in [0.29, 0.717) is 44.7 Å². The quantitative estimate of drug-likeness (QED) is 0.0243. The molecule has 0 aromatic rings. The molecule has 0 radical (unpaired) electrons. The van der Waals surface area contributed by atoms with Crippen LogP contribution < -0.4 is 10.6 Å². The van der Waals surface area contributed by atoms with Crippen LogP contribution in [0.2, 0.25) is 0 Å². The van der Waals surface area contributed by atoms with Gasteiger partial charge in [0.2, 0.25) is 11.8 Å². The van der Waals surface area contributed by atoms with Crippen molar-refractivity contribution in [3.05, 3.63) is 12.2 Å². The first-order chi connectivity index (χ1) is 25.9. The molecular formula is C43H83N3O5S2. The van der Waals surface area contributed by atoms with E-state index in [4.69, 9.17) is 4.74 Å². The number of allylic oxidation sites excluding steroid dienone is 1. The highest BCUT2D eigenvalue weighted by atomic mass is 33.1. The zero-order valence-electron chi connectivity index (χ0n) is 34.6. The van der Waals surface area contributed by atoms with Gasteiger partial charge in [-0.25, -0.2) is 0 Å². The molecular weight excluding hydrogens is 703 g/mol. The second-order valence-electron chi connectivity index (χ2n) is 14.8. The number of unbranched alkanes of at least 4 members (excludes halogenated alkanes) is 17. The van der Waals surface area contributed by atoms with Crippen molar-refractivity contribution in [1.82, 2.24) is 15.5 Å². The number of esters is 1. The summed E-state index contributed by atoms with van der Waals surface area (Å²) in [5, 5.41) is 16.1. The summed E-state index contributed by atoms with van der Waals surface area (Å²) in [5.74, 6) is 1.56. The van der Waals surface area contributed by atoms with Crippen LogP contribution in [0.15, 0.2) is 12.2 Å². The first-order valence-corrected chi connectivity index (χ1v) is 24.3. The largest absolute Gasteiger partial charge is 0.466 e. The van der Waals surface area contributed by atoms with Gasteiger partial charge in [-0.2, -0.15) is 0 Å². The zero-order chi connectivity index (χ0) is 38.9. The van der Waals surface area contributed by atoms with Gasteiger partial charge in [-0.3, -0.25) is 14.4 Å². The normalized spacial score (nSPS) is 12.1. The summed E-state index contributed by atoms with van der Waals surface area (Å²) in [6, 6.07) is 0. The van der Waals surface area contributed by atoms with Gasteiger partial charge in [0.05, 0.1) is 19.1 Å². The first kappa shape index (κ1) is 51.8. The Kier molecular flexibility index (Phi) is 41.0. The van der Waals surface area contributed by atoms with Gasteiger partial charge in [-0.1, -0.05) is 150 Å². The fraction of sp³-hybridized carbons (Fsp3) is 0.884. The lowest BCUT2D eigenvalue weighted by atomic mass is 10.1. The number of carbonyl (C=O) groups excluding carboxylic acids is 3. The Bertz CT molecular complexity index is 864. The lowest BCUT2D eigenvalue weighted by Gasteiger charge is -2.16. The molecule has 0 aliphatic heterocycles. The summed E-state index contributed by atoms with van der Waals surface area (Å²) in [7, 11) is 5.36. The molecule has 2 amide bonds. The molecule has 3 N–H and O–H groups in total. The van der Waals surface area contributed by atoms with Crippen LogP contribution in [0.5, 0.6) is 0 Å². The lowest BCUT2D eigenvalue weighted by Crippen LogP contribution is -2.30. The predicted molar refractivity (Wildman–Crippen MR) is 231 cm³/mol. The van der Waals surface area contributed by atoms with E-state index in [-0.39, 0.29) is 23.9 Å². The number of aliphatic hydroxyl groups excluding tert-OH is 1. The standard InChI is InChI=1S/C43H83N3O5S2/c1-4-6-8-10-11-12-15-18-21-25-37-51-43(50)32-39-53-52-38-31-42(49)45-34-27-36-46(3)35-26-33-44-41(48)30-24-20-17-14-13-16-19-23-29-40(47)28-22-9-7-5-2/h19,23,40,47H,4-18,20-22,24-39H2,1-3H3,(H,44,48)(H,45,49)/b23-19+/t40-/m1/s1. The molecule has 0 saturated carbocycles. The maximum Gasteiger partial charge on any atom is 0.306 e. The van der Waals surface area contributed by atoms with Crippen LogP contribution in [0.3, 0.4) is 0 Å². The minimum absolute atomic E-state index is 0.0760. The lowest BCUT2D eigenvalue weighted by molar-refractivity contribution is -0.143. The molecule has 0 unspecified atom stereocenters. The molecule has 0 fully saturated rings. The molecule has 0 saturated heterocycles. The molecule has 53 heavy (non-hydrogen) atoms. The third-order valence-electron chi connectivity index (χ3n) is 9.46. The number of ether oxygens (including phenoxy) is 1. The van der Waals surface area contributed by atoms with E-state index in [0.717, 1.165) is 83.1 Å². The van der Waals surface area contributed by atoms with E-state index in [1.54, 1.807) is 21.6 Å². The van der Waals surface area contributed by atoms with Crippen LogP contribution in [-0.2, 0) is 19.1 Å². The summed E-state index contributed by atoms with van der Waals surface area (Å²) in [6.45, 7) is 8.20. The average Bonchev–Trinajstić information content (AvgIpc) is 3.14. The second-order valence-corrected chi connectivity index (χ2v) is 17.5. The number of carbonyl (C=O) groups is 3. The van der Waals surface area contributed by atoms with E-state index in [9.17, 15) is 19.5 Å². The number of aliphatic hydroxyl groups is 1. The van der Waals surface area contributed by atoms with E-state index >= 15 is 0 Å². The second kappa shape index (κ2) is 41.9. The van der Waals surface area contributed by atoms with Crippen molar-refractivity contribution < 1.29 is 24.2 Å². The van der Waals surface area contributed by atoms with E-state index in [1.807, 2.05) is 0 Å². The Morgan fingerprint density at radius 3 is 1.75 bits per heavy atom. The van der Waals surface area contributed by atoms with Gasteiger partial charge in [0.25, 0.3) is 0 Å². The molecule has 312 valence electrons. The summed E-state index contributed by atoms with van der Waals surface area (Å²) in [5.41, 5.74) is 0. The van der Waals surface area contributed by atoms with Crippen LogP contribution in [0, 0.1) is 0 Å². The fourth-order valence-corrected chi connectivity index (χ4v) is 8.00. The molecule has 0 spiro atoms. The highest BCUT2D eigenvalue weighted by Crippen LogP contribution is 2.23. The van der Waals surface area contributed by atoms with Crippen LogP contribution in [0.1, 0.15) is 187 Å². The van der Waals surface area contributed by atoms with Crippen LogP contribution in [0.4, 0.5) is 0 Å². The molecule has 0 aromatic carbocycles. The molecule has 0 rings (SSSR count).